The van der Waals surface area contributed by atoms with Gasteiger partial charge in [-0.1, -0.05) is 27.7 Å². The van der Waals surface area contributed by atoms with Crippen LogP contribution in [0.15, 0.2) is 46.2 Å². The lowest BCUT2D eigenvalue weighted by atomic mass is 9.83. The van der Waals surface area contributed by atoms with Crippen LogP contribution in [0.4, 0.5) is 11.4 Å². The second-order valence-electron chi connectivity index (χ2n) is 10.5. The van der Waals surface area contributed by atoms with Crippen LogP contribution in [0.2, 0.25) is 0 Å². The molecule has 4 N–H and O–H groups in total. The first kappa shape index (κ1) is 26.8. The van der Waals surface area contributed by atoms with Gasteiger partial charge < -0.3 is 25.1 Å². The van der Waals surface area contributed by atoms with E-state index in [1.165, 1.54) is 0 Å². The van der Waals surface area contributed by atoms with Crippen molar-refractivity contribution >= 4 is 34.3 Å². The Morgan fingerprint density at radius 3 is 2.37 bits per heavy atom. The van der Waals surface area contributed by atoms with Crippen LogP contribution in [0.3, 0.4) is 0 Å². The highest BCUT2D eigenvalue weighted by Gasteiger charge is 2.36. The van der Waals surface area contributed by atoms with Gasteiger partial charge in [0.15, 0.2) is 4.90 Å². The summed E-state index contributed by atoms with van der Waals surface area (Å²) in [4.78, 5) is 30.8. The molecule has 1 aliphatic rings. The maximum Gasteiger partial charge on any atom is 0.261 e. The first-order chi connectivity index (χ1) is 16.4. The highest BCUT2D eigenvalue weighted by Crippen LogP contribution is 2.32. The van der Waals surface area contributed by atoms with Crippen LogP contribution >= 0.6 is 0 Å². The molecule has 0 spiro atoms. The molecule has 3 rings (SSSR count). The van der Waals surface area contributed by atoms with Crippen molar-refractivity contribution in [3.63, 3.8) is 0 Å². The van der Waals surface area contributed by atoms with Gasteiger partial charge in [-0.3, -0.25) is 15.0 Å². The number of H-pyrrole nitrogens is 1. The van der Waals surface area contributed by atoms with Crippen LogP contribution in [0.5, 0.6) is 0 Å². The minimum atomic E-state index is -1.09. The van der Waals surface area contributed by atoms with E-state index < -0.39 is 11.2 Å². The molecule has 0 bridgehead atoms. The lowest BCUT2D eigenvalue weighted by Crippen LogP contribution is -2.51. The number of amides is 1. The Morgan fingerprint density at radius 1 is 1.20 bits per heavy atom. The van der Waals surface area contributed by atoms with Gasteiger partial charge in [0, 0.05) is 36.9 Å². The number of likely N-dealkylation sites (tertiary alicyclic amines) is 1. The number of benzene rings is 1. The van der Waals surface area contributed by atoms with E-state index in [-0.39, 0.29) is 33.8 Å². The van der Waals surface area contributed by atoms with E-state index in [1.807, 2.05) is 4.90 Å². The van der Waals surface area contributed by atoms with Gasteiger partial charge in [0.25, 0.3) is 5.56 Å². The van der Waals surface area contributed by atoms with Crippen molar-refractivity contribution in [1.82, 2.24) is 9.88 Å². The van der Waals surface area contributed by atoms with Crippen LogP contribution in [0, 0.1) is 10.8 Å². The number of nitrogens with zero attached hydrogens (tertiary/aromatic N) is 1. The van der Waals surface area contributed by atoms with Gasteiger partial charge in [-0.25, -0.2) is 0 Å². The number of hydrogen-bond acceptors (Lipinski definition) is 5. The maximum atomic E-state index is 12.8. The number of amidine groups is 1. The predicted molar refractivity (Wildman–Crippen MR) is 143 cm³/mol. The predicted octanol–water partition coefficient (Wildman–Crippen LogP) is 4.17. The first-order valence-corrected chi connectivity index (χ1v) is 13.6. The Bertz CT molecular complexity index is 1100. The van der Waals surface area contributed by atoms with Crippen LogP contribution in [-0.2, 0) is 16.0 Å². The minimum Gasteiger partial charge on any atom is -0.612 e. The maximum absolute atomic E-state index is 12.8. The molecule has 8 nitrogen and oxygen atoms in total. The summed E-state index contributed by atoms with van der Waals surface area (Å²) in [5.41, 5.74) is 0.782. The second-order valence-corrected chi connectivity index (χ2v) is 11.8. The number of pyridine rings is 1. The summed E-state index contributed by atoms with van der Waals surface area (Å²) in [5.74, 6) is 0.159. The highest BCUT2D eigenvalue weighted by atomic mass is 32.2. The van der Waals surface area contributed by atoms with E-state index in [1.54, 1.807) is 42.8 Å². The van der Waals surface area contributed by atoms with Crippen LogP contribution in [0.1, 0.15) is 58.9 Å². The summed E-state index contributed by atoms with van der Waals surface area (Å²) < 4.78 is 11.6. The van der Waals surface area contributed by atoms with Gasteiger partial charge >= 0.3 is 0 Å². The zero-order chi connectivity index (χ0) is 25.8. The Kier molecular flexibility index (Phi) is 8.33. The number of carbonyl (C=O) groups excluding carboxylic acids is 1. The van der Waals surface area contributed by atoms with Crippen molar-refractivity contribution in [3.8, 4) is 0 Å². The molecule has 2 aromatic rings. The molecule has 1 aliphatic heterocycles. The van der Waals surface area contributed by atoms with E-state index in [0.29, 0.717) is 35.8 Å². The third kappa shape index (κ3) is 6.89. The van der Waals surface area contributed by atoms with Gasteiger partial charge in [0.1, 0.15) is 17.7 Å². The lowest BCUT2D eigenvalue weighted by molar-refractivity contribution is -0.134. The molecular formula is C26H37N5O3S. The van der Waals surface area contributed by atoms with Gasteiger partial charge in [-0.2, -0.15) is 0 Å². The molecule has 0 radical (unpaired) electrons. The number of anilines is 2. The van der Waals surface area contributed by atoms with E-state index in [2.05, 4.69) is 43.3 Å². The number of carbonyl (C=O) groups is 1. The smallest absolute Gasteiger partial charge is 0.261 e. The zero-order valence-electron chi connectivity index (χ0n) is 21.3. The van der Waals surface area contributed by atoms with E-state index >= 15 is 0 Å². The largest absolute Gasteiger partial charge is 0.612 e. The molecule has 190 valence electrons. The number of nitrogens with one attached hydrogen (secondary N) is 4. The van der Waals surface area contributed by atoms with E-state index in [0.717, 1.165) is 19.3 Å². The fraction of sp³-hybridized carbons (Fsp3) is 0.500. The molecule has 2 heterocycles. The Morgan fingerprint density at radius 2 is 1.83 bits per heavy atom. The standard InChI is InChI=1S/C26H37N5O3S/c1-6-26(12-15-31(16-13-26)21(32)17-25(2,3)4)30-20-11-14-28-24(33)22(20)23(27)29-18-7-9-19(10-8-18)35(5)34/h7-11,14H,6,12-13,15-17H2,1-5H3,(H2,27,29)(H2,28,30,33). The van der Waals surface area contributed by atoms with Gasteiger partial charge in [-0.15, -0.1) is 0 Å². The third-order valence-corrected chi connectivity index (χ3v) is 7.43. The summed E-state index contributed by atoms with van der Waals surface area (Å²) >= 11 is -1.09. The van der Waals surface area contributed by atoms with Crippen LogP contribution in [-0.4, -0.2) is 51.1 Å². The van der Waals surface area contributed by atoms with E-state index in [4.69, 9.17) is 5.41 Å². The molecular weight excluding hydrogens is 462 g/mol. The Balaban J connectivity index is 1.76. The minimum absolute atomic E-state index is 0.0243. The molecule has 1 aromatic carbocycles. The van der Waals surface area contributed by atoms with Crippen molar-refractivity contribution in [2.24, 2.45) is 5.41 Å². The van der Waals surface area contributed by atoms with Crippen LogP contribution in [0.25, 0.3) is 0 Å². The highest BCUT2D eigenvalue weighted by molar-refractivity contribution is 7.90. The van der Waals surface area contributed by atoms with E-state index in [9.17, 15) is 14.1 Å². The summed E-state index contributed by atoms with van der Waals surface area (Å²) in [6.45, 7) is 9.65. The van der Waals surface area contributed by atoms with Gasteiger partial charge in [0.05, 0.1) is 5.69 Å². The Labute approximate surface area is 210 Å². The monoisotopic (exact) mass is 499 g/mol. The summed E-state index contributed by atoms with van der Waals surface area (Å²) in [6.07, 6.45) is 6.08. The molecule has 0 aliphatic carbocycles. The zero-order valence-corrected chi connectivity index (χ0v) is 22.1. The molecule has 35 heavy (non-hydrogen) atoms. The molecule has 1 atom stereocenters. The van der Waals surface area contributed by atoms with Crippen molar-refractivity contribution in [2.75, 3.05) is 30.0 Å². The normalized spacial score (nSPS) is 16.5. The molecule has 0 saturated carbocycles. The molecule has 1 saturated heterocycles. The average Bonchev–Trinajstić information content (AvgIpc) is 2.78. The van der Waals surface area contributed by atoms with Crippen molar-refractivity contribution in [1.29, 1.82) is 5.41 Å². The second kappa shape index (κ2) is 10.9. The summed E-state index contributed by atoms with van der Waals surface area (Å²) in [7, 11) is 0. The van der Waals surface area contributed by atoms with Crippen molar-refractivity contribution in [2.45, 2.75) is 63.8 Å². The number of aromatic amines is 1. The van der Waals surface area contributed by atoms with Crippen molar-refractivity contribution < 1.29 is 9.35 Å². The first-order valence-electron chi connectivity index (χ1n) is 12.0. The number of hydrogen-bond donors (Lipinski definition) is 4. The van der Waals surface area contributed by atoms with Crippen molar-refractivity contribution in [3.05, 3.63) is 52.4 Å². The van der Waals surface area contributed by atoms with Gasteiger partial charge in [0.2, 0.25) is 5.91 Å². The Hall–Kier alpha value is -2.78. The SMILES string of the molecule is CCC1(Nc2cc[nH]c(=O)c2C(=N)Nc2ccc([S+](C)[O-])cc2)CCN(C(=O)CC(C)(C)C)CC1. The molecule has 1 fully saturated rings. The quantitative estimate of drug-likeness (QED) is 0.259. The average molecular weight is 500 g/mol. The molecule has 1 aromatic heterocycles. The number of aromatic nitrogens is 1. The fourth-order valence-electron chi connectivity index (χ4n) is 4.37. The third-order valence-electron chi connectivity index (χ3n) is 6.50. The molecule has 1 amide bonds. The topological polar surface area (TPSA) is 124 Å². The molecule has 1 unspecified atom stereocenters. The summed E-state index contributed by atoms with van der Waals surface area (Å²) in [5, 5.41) is 15.2. The number of piperidine rings is 1. The van der Waals surface area contributed by atoms with Crippen LogP contribution < -0.4 is 16.2 Å². The fourth-order valence-corrected chi connectivity index (χ4v) is 4.89. The lowest BCUT2D eigenvalue weighted by Gasteiger charge is -2.43. The molecule has 9 heteroatoms. The summed E-state index contributed by atoms with van der Waals surface area (Å²) in [6, 6.07) is 8.74. The number of rotatable bonds is 7. The van der Waals surface area contributed by atoms with Gasteiger partial charge in [-0.05, 0) is 66.2 Å².